The van der Waals surface area contributed by atoms with Gasteiger partial charge in [0.05, 0.1) is 12.7 Å². The molecule has 1 heterocycles. The van der Waals surface area contributed by atoms with Crippen molar-refractivity contribution in [1.82, 2.24) is 10.5 Å². The molecule has 0 saturated carbocycles. The second kappa shape index (κ2) is 3.55. The number of rotatable bonds is 3. The molecule has 4 nitrogen and oxygen atoms in total. The first-order valence-electron chi connectivity index (χ1n) is 3.13. The summed E-state index contributed by atoms with van der Waals surface area (Å²) in [6.45, 7) is 3.65. The molecule has 0 spiro atoms. The van der Waals surface area contributed by atoms with Crippen LogP contribution in [0.25, 0.3) is 0 Å². The molecule has 58 valence electrons. The molecule has 1 rings (SSSR count). The van der Waals surface area contributed by atoms with E-state index in [1.165, 1.54) is 12.3 Å². The van der Waals surface area contributed by atoms with E-state index in [0.717, 1.165) is 0 Å². The van der Waals surface area contributed by atoms with Crippen molar-refractivity contribution in [3.8, 4) is 0 Å². The number of hydrogen-bond acceptors (Lipinski definition) is 3. The van der Waals surface area contributed by atoms with Crippen LogP contribution >= 0.6 is 0 Å². The first-order chi connectivity index (χ1) is 5.33. The lowest BCUT2D eigenvalue weighted by atomic mass is 10.4. The van der Waals surface area contributed by atoms with Gasteiger partial charge in [-0.15, -0.1) is 0 Å². The molecular formula is C7H8N2O2. The number of aromatic nitrogens is 1. The molecule has 1 aromatic rings. The van der Waals surface area contributed by atoms with Crippen LogP contribution in [0.15, 0.2) is 29.4 Å². The lowest BCUT2D eigenvalue weighted by Gasteiger charge is -1.95. The highest BCUT2D eigenvalue weighted by atomic mass is 16.5. The smallest absolute Gasteiger partial charge is 0.243 e. The first-order valence-corrected chi connectivity index (χ1v) is 3.13. The summed E-state index contributed by atoms with van der Waals surface area (Å²) in [5.41, 5.74) is 0. The van der Waals surface area contributed by atoms with Gasteiger partial charge in [0.15, 0.2) is 5.76 Å². The number of carbonyl (C=O) groups excluding carboxylic acids is 1. The Morgan fingerprint density at radius 3 is 3.27 bits per heavy atom. The van der Waals surface area contributed by atoms with Gasteiger partial charge in [-0.2, -0.15) is 0 Å². The zero-order valence-corrected chi connectivity index (χ0v) is 5.91. The molecule has 0 atom stereocenters. The van der Waals surface area contributed by atoms with Crippen LogP contribution in [0.2, 0.25) is 0 Å². The predicted octanol–water partition coefficient (Wildman–Crippen LogP) is 0.477. The maximum absolute atomic E-state index is 10.6. The summed E-state index contributed by atoms with van der Waals surface area (Å²) in [4.78, 5) is 10.6. The third-order valence-electron chi connectivity index (χ3n) is 1.11. The quantitative estimate of drug-likeness (QED) is 0.641. The fourth-order valence-corrected chi connectivity index (χ4v) is 0.580. The molecule has 11 heavy (non-hydrogen) atoms. The van der Waals surface area contributed by atoms with Gasteiger partial charge in [-0.25, -0.2) is 0 Å². The number of hydrogen-bond donors (Lipinski definition) is 1. The minimum absolute atomic E-state index is 0.221. The summed E-state index contributed by atoms with van der Waals surface area (Å²) >= 11 is 0. The zero-order chi connectivity index (χ0) is 8.10. The Labute approximate surface area is 63.9 Å². The number of nitrogens with one attached hydrogen (secondary N) is 1. The Bertz CT molecular complexity index is 241. The van der Waals surface area contributed by atoms with E-state index in [1.54, 1.807) is 6.07 Å². The molecule has 0 fully saturated rings. The molecule has 4 heteroatoms. The second-order valence-corrected chi connectivity index (χ2v) is 1.90. The predicted molar refractivity (Wildman–Crippen MR) is 38.5 cm³/mol. The van der Waals surface area contributed by atoms with E-state index >= 15 is 0 Å². The minimum Gasteiger partial charge on any atom is -0.360 e. The van der Waals surface area contributed by atoms with Gasteiger partial charge in [-0.3, -0.25) is 4.79 Å². The molecule has 1 aromatic heterocycles. The highest BCUT2D eigenvalue weighted by Crippen LogP contribution is 1.94. The number of carbonyl (C=O) groups is 1. The van der Waals surface area contributed by atoms with Gasteiger partial charge in [-0.1, -0.05) is 11.7 Å². The SMILES string of the molecule is C=CC(=O)NCc1ccno1. The molecule has 0 aliphatic rings. The Hall–Kier alpha value is -1.58. The first kappa shape index (κ1) is 7.53. The van der Waals surface area contributed by atoms with Gasteiger partial charge in [0, 0.05) is 6.07 Å². The highest BCUT2D eigenvalue weighted by Gasteiger charge is 1.97. The summed E-state index contributed by atoms with van der Waals surface area (Å²) < 4.78 is 4.73. The fourth-order valence-electron chi connectivity index (χ4n) is 0.580. The van der Waals surface area contributed by atoms with Crippen molar-refractivity contribution < 1.29 is 9.32 Å². The molecule has 0 aliphatic carbocycles. The van der Waals surface area contributed by atoms with E-state index < -0.39 is 0 Å². The summed E-state index contributed by atoms with van der Waals surface area (Å²) in [5, 5.41) is 6.02. The van der Waals surface area contributed by atoms with E-state index in [4.69, 9.17) is 4.52 Å². The van der Waals surface area contributed by atoms with Crippen molar-refractivity contribution in [2.45, 2.75) is 6.54 Å². The van der Waals surface area contributed by atoms with Gasteiger partial charge in [0.25, 0.3) is 0 Å². The van der Waals surface area contributed by atoms with E-state index in [2.05, 4.69) is 17.1 Å². The van der Waals surface area contributed by atoms with Gasteiger partial charge < -0.3 is 9.84 Å². The fraction of sp³-hybridized carbons (Fsp3) is 0.143. The molecule has 0 saturated heterocycles. The van der Waals surface area contributed by atoms with Crippen LogP contribution in [0.1, 0.15) is 5.76 Å². The van der Waals surface area contributed by atoms with Crippen LogP contribution in [-0.2, 0) is 11.3 Å². The van der Waals surface area contributed by atoms with E-state index in [-0.39, 0.29) is 5.91 Å². The average molecular weight is 152 g/mol. The third-order valence-corrected chi connectivity index (χ3v) is 1.11. The molecule has 0 radical (unpaired) electrons. The van der Waals surface area contributed by atoms with Crippen molar-refractivity contribution in [2.75, 3.05) is 0 Å². The van der Waals surface area contributed by atoms with Gasteiger partial charge >= 0.3 is 0 Å². The van der Waals surface area contributed by atoms with E-state index in [0.29, 0.717) is 12.3 Å². The molecule has 0 aromatic carbocycles. The van der Waals surface area contributed by atoms with Crippen LogP contribution in [0.5, 0.6) is 0 Å². The number of amides is 1. The maximum Gasteiger partial charge on any atom is 0.243 e. The van der Waals surface area contributed by atoms with Crippen LogP contribution < -0.4 is 5.32 Å². The molecule has 1 N–H and O–H groups in total. The Morgan fingerprint density at radius 2 is 2.73 bits per heavy atom. The molecule has 1 amide bonds. The van der Waals surface area contributed by atoms with Crippen molar-refractivity contribution in [1.29, 1.82) is 0 Å². The minimum atomic E-state index is -0.221. The topological polar surface area (TPSA) is 55.1 Å². The largest absolute Gasteiger partial charge is 0.360 e. The van der Waals surface area contributed by atoms with Crippen LogP contribution in [0, 0.1) is 0 Å². The van der Waals surface area contributed by atoms with Crippen molar-refractivity contribution in [2.24, 2.45) is 0 Å². The van der Waals surface area contributed by atoms with Crippen molar-refractivity contribution in [3.05, 3.63) is 30.7 Å². The van der Waals surface area contributed by atoms with Crippen LogP contribution in [-0.4, -0.2) is 11.1 Å². The number of nitrogens with zero attached hydrogens (tertiary/aromatic N) is 1. The average Bonchev–Trinajstić information content (AvgIpc) is 2.52. The van der Waals surface area contributed by atoms with Crippen molar-refractivity contribution >= 4 is 5.91 Å². The molecule has 0 aliphatic heterocycles. The molecular weight excluding hydrogens is 144 g/mol. The Kier molecular flexibility index (Phi) is 2.43. The summed E-state index contributed by atoms with van der Waals surface area (Å²) in [6.07, 6.45) is 2.73. The van der Waals surface area contributed by atoms with E-state index in [9.17, 15) is 4.79 Å². The lowest BCUT2D eigenvalue weighted by Crippen LogP contribution is -2.19. The molecule has 0 unspecified atom stereocenters. The standard InChI is InChI=1S/C7H8N2O2/c1-2-7(10)8-5-6-3-4-9-11-6/h2-4H,1,5H2,(H,8,10). The summed E-state index contributed by atoms with van der Waals surface area (Å²) in [7, 11) is 0. The van der Waals surface area contributed by atoms with E-state index in [1.807, 2.05) is 0 Å². The molecule has 0 bridgehead atoms. The van der Waals surface area contributed by atoms with Crippen LogP contribution in [0.3, 0.4) is 0 Å². The normalized spacial score (nSPS) is 9.09. The van der Waals surface area contributed by atoms with Crippen molar-refractivity contribution in [3.63, 3.8) is 0 Å². The zero-order valence-electron chi connectivity index (χ0n) is 5.91. The van der Waals surface area contributed by atoms with Gasteiger partial charge in [0.2, 0.25) is 5.91 Å². The Morgan fingerprint density at radius 1 is 1.91 bits per heavy atom. The monoisotopic (exact) mass is 152 g/mol. The summed E-state index contributed by atoms with van der Waals surface area (Å²) in [6, 6.07) is 1.68. The van der Waals surface area contributed by atoms with Crippen LogP contribution in [0.4, 0.5) is 0 Å². The van der Waals surface area contributed by atoms with Gasteiger partial charge in [0.1, 0.15) is 0 Å². The lowest BCUT2D eigenvalue weighted by molar-refractivity contribution is -0.116. The third kappa shape index (κ3) is 2.25. The Balaban J connectivity index is 2.34. The highest BCUT2D eigenvalue weighted by molar-refractivity contribution is 5.86. The maximum atomic E-state index is 10.6. The summed E-state index contributed by atoms with van der Waals surface area (Å²) in [5.74, 6) is 0.404. The second-order valence-electron chi connectivity index (χ2n) is 1.90. The van der Waals surface area contributed by atoms with Gasteiger partial charge in [-0.05, 0) is 6.08 Å².